The molecule has 0 spiro atoms. The summed E-state index contributed by atoms with van der Waals surface area (Å²) in [5, 5.41) is 0.359. The van der Waals surface area contributed by atoms with Crippen molar-refractivity contribution in [3.63, 3.8) is 0 Å². The van der Waals surface area contributed by atoms with E-state index in [0.717, 1.165) is 4.05 Å². The van der Waals surface area contributed by atoms with E-state index in [4.69, 9.17) is 4.43 Å². The summed E-state index contributed by atoms with van der Waals surface area (Å²) in [5.41, 5.74) is 0. The first-order valence-corrected chi connectivity index (χ1v) is 9.96. The molecule has 0 heterocycles. The maximum absolute atomic E-state index is 6.43. The largest absolute Gasteiger partial charge is 1.00 e. The van der Waals surface area contributed by atoms with Crippen molar-refractivity contribution in [2.75, 3.05) is 0 Å². The van der Waals surface area contributed by atoms with E-state index < -0.39 is 8.32 Å². The summed E-state index contributed by atoms with van der Waals surface area (Å²) >= 11 is 2.17. The van der Waals surface area contributed by atoms with E-state index in [1.165, 1.54) is 25.7 Å². The second-order valence-corrected chi connectivity index (χ2v) is 12.4. The van der Waals surface area contributed by atoms with Crippen molar-refractivity contribution in [3.05, 3.63) is 0 Å². The second kappa shape index (κ2) is 6.55. The van der Waals surface area contributed by atoms with E-state index in [-0.39, 0.29) is 17.0 Å². The van der Waals surface area contributed by atoms with Gasteiger partial charge in [-0.3, -0.25) is 0 Å². The zero-order valence-corrected chi connectivity index (χ0v) is 15.5. The molecular formula is C12H25BrMgOSi. The number of hydrogen-bond acceptors (Lipinski definition) is 1. The van der Waals surface area contributed by atoms with Crippen molar-refractivity contribution in [1.82, 2.24) is 0 Å². The van der Waals surface area contributed by atoms with Gasteiger partial charge in [0.1, 0.15) is 0 Å². The van der Waals surface area contributed by atoms with Crippen LogP contribution < -0.4 is 17.0 Å². The molecule has 1 saturated carbocycles. The molecule has 1 nitrogen and oxygen atoms in total. The Bertz CT molecular complexity index is 208. The Hall–Kier alpha value is 1.42. The van der Waals surface area contributed by atoms with Gasteiger partial charge in [0.15, 0.2) is 0 Å². The van der Waals surface area contributed by atoms with Gasteiger partial charge in [0, 0.05) is 0 Å². The molecule has 0 aromatic carbocycles. The molecule has 1 rings (SSSR count). The van der Waals surface area contributed by atoms with Gasteiger partial charge in [0.25, 0.3) is 0 Å². The summed E-state index contributed by atoms with van der Waals surface area (Å²) in [5.74, 6) is 0. The number of halogens is 1. The molecule has 0 atom stereocenters. The maximum atomic E-state index is 6.43. The minimum absolute atomic E-state index is 0. The summed E-state index contributed by atoms with van der Waals surface area (Å²) in [7, 11) is -1.51. The second-order valence-electron chi connectivity index (χ2n) is 6.52. The zero-order valence-electron chi connectivity index (χ0n) is 11.5. The number of hydrogen-bond donors (Lipinski definition) is 0. The van der Waals surface area contributed by atoms with Crippen LogP contribution in [0.15, 0.2) is 0 Å². The molecule has 0 amide bonds. The average molecular weight is 318 g/mol. The zero-order chi connectivity index (χ0) is 11.7. The predicted octanol–water partition coefficient (Wildman–Crippen LogP) is 0.912. The maximum Gasteiger partial charge on any atom is -1.00 e. The summed E-state index contributed by atoms with van der Waals surface area (Å²) in [6, 6.07) is 0. The minimum Gasteiger partial charge on any atom is -1.00 e. The third kappa shape index (κ3) is 4.96. The number of rotatable bonds is 2. The van der Waals surface area contributed by atoms with E-state index in [2.05, 4.69) is 55.6 Å². The first kappa shape index (κ1) is 17.4. The van der Waals surface area contributed by atoms with Crippen LogP contribution in [0.2, 0.25) is 22.2 Å². The first-order chi connectivity index (χ1) is 6.72. The monoisotopic (exact) mass is 316 g/mol. The van der Waals surface area contributed by atoms with Gasteiger partial charge in [-0.25, -0.2) is 0 Å². The van der Waals surface area contributed by atoms with E-state index in [1.807, 2.05) is 0 Å². The summed E-state index contributed by atoms with van der Waals surface area (Å²) < 4.78 is 7.38. The quantitative estimate of drug-likeness (QED) is 0.688. The fourth-order valence-corrected chi connectivity index (χ4v) is 3.74. The van der Waals surface area contributed by atoms with Crippen LogP contribution in [0.3, 0.4) is 0 Å². The normalized spacial score (nSPS) is 27.4. The van der Waals surface area contributed by atoms with Gasteiger partial charge in [-0.05, 0) is 0 Å². The summed E-state index contributed by atoms with van der Waals surface area (Å²) in [4.78, 5) is 0. The van der Waals surface area contributed by atoms with E-state index in [1.54, 1.807) is 0 Å². The third-order valence-corrected chi connectivity index (χ3v) is 9.41. The molecule has 16 heavy (non-hydrogen) atoms. The molecule has 0 N–H and O–H groups in total. The molecule has 0 aliphatic heterocycles. The van der Waals surface area contributed by atoms with Gasteiger partial charge in [-0.15, -0.1) is 0 Å². The molecule has 0 radical (unpaired) electrons. The summed E-state index contributed by atoms with van der Waals surface area (Å²) in [6.45, 7) is 11.7. The third-order valence-electron chi connectivity index (χ3n) is 4.06. The summed E-state index contributed by atoms with van der Waals surface area (Å²) in [6.07, 6.45) is 5.89. The van der Waals surface area contributed by atoms with Crippen LogP contribution in [0, 0.1) is 0 Å². The molecule has 4 heteroatoms. The van der Waals surface area contributed by atoms with Gasteiger partial charge in [-0.2, -0.15) is 0 Å². The molecule has 1 fully saturated rings. The Morgan fingerprint density at radius 1 is 1.06 bits per heavy atom. The molecule has 1 aliphatic rings. The van der Waals surface area contributed by atoms with E-state index >= 15 is 0 Å². The van der Waals surface area contributed by atoms with Gasteiger partial charge in [0.05, 0.1) is 0 Å². The van der Waals surface area contributed by atoms with Crippen LogP contribution in [-0.2, 0) is 4.43 Å². The Morgan fingerprint density at radius 2 is 1.50 bits per heavy atom. The van der Waals surface area contributed by atoms with Crippen LogP contribution >= 0.6 is 0 Å². The van der Waals surface area contributed by atoms with Crippen LogP contribution in [-0.4, -0.2) is 36.1 Å². The van der Waals surface area contributed by atoms with Crippen molar-refractivity contribution in [1.29, 1.82) is 0 Å². The first-order valence-electron chi connectivity index (χ1n) is 6.23. The van der Waals surface area contributed by atoms with Crippen molar-refractivity contribution in [2.45, 2.75) is 74.7 Å². The molecule has 0 saturated heterocycles. The van der Waals surface area contributed by atoms with Crippen molar-refractivity contribution < 1.29 is 21.4 Å². The molecule has 1 aliphatic carbocycles. The standard InChI is InChI=1S/C12H25OSi.BrH.Mg/c1-12(2,3)14(4,5)13-11-9-7-6-8-10-11;;/h6,11H,7-10H2,1-5H3;1H;/q;;+1/p-1. The SMILES string of the molecule is CC(C)(C)[Si](C)(C)OC1CC[CH]([Mg+])CC1.[Br-]. The molecule has 0 aromatic rings. The van der Waals surface area contributed by atoms with Gasteiger partial charge in [-0.1, -0.05) is 0 Å². The molecule has 0 bridgehead atoms. The van der Waals surface area contributed by atoms with E-state index in [0.29, 0.717) is 11.1 Å². The van der Waals surface area contributed by atoms with Gasteiger partial charge >= 0.3 is 109 Å². The molecule has 92 valence electrons. The van der Waals surface area contributed by atoms with Crippen molar-refractivity contribution >= 4 is 30.0 Å². The Labute approximate surface area is 125 Å². The molecule has 0 aromatic heterocycles. The van der Waals surface area contributed by atoms with Crippen molar-refractivity contribution in [2.24, 2.45) is 0 Å². The van der Waals surface area contributed by atoms with Gasteiger partial charge in [0.2, 0.25) is 0 Å². The smallest absolute Gasteiger partial charge is 1.00 e. The van der Waals surface area contributed by atoms with Crippen LogP contribution in [0.4, 0.5) is 0 Å². The molecular weight excluding hydrogens is 292 g/mol. The average Bonchev–Trinajstić information content (AvgIpc) is 2.06. The van der Waals surface area contributed by atoms with Crippen LogP contribution in [0.25, 0.3) is 0 Å². The van der Waals surface area contributed by atoms with Gasteiger partial charge < -0.3 is 17.0 Å². The topological polar surface area (TPSA) is 9.23 Å². The molecule has 0 unspecified atom stereocenters. The fraction of sp³-hybridized carbons (Fsp3) is 1.00. The fourth-order valence-electron chi connectivity index (χ4n) is 1.84. The van der Waals surface area contributed by atoms with Crippen LogP contribution in [0.1, 0.15) is 46.5 Å². The Kier molecular flexibility index (Phi) is 7.13. The minimum atomic E-state index is -1.51. The predicted molar refractivity (Wildman–Crippen MR) is 70.0 cm³/mol. The van der Waals surface area contributed by atoms with Crippen LogP contribution in [0.5, 0.6) is 0 Å². The Balaban J connectivity index is 0.00000225. The Morgan fingerprint density at radius 3 is 1.88 bits per heavy atom. The van der Waals surface area contributed by atoms with E-state index in [9.17, 15) is 0 Å². The van der Waals surface area contributed by atoms with Crippen molar-refractivity contribution in [3.8, 4) is 0 Å².